The van der Waals surface area contributed by atoms with Crippen molar-refractivity contribution in [2.45, 2.75) is 11.5 Å². The van der Waals surface area contributed by atoms with E-state index in [1.165, 1.54) is 39.4 Å². The maximum atomic E-state index is 12.4. The van der Waals surface area contributed by atoms with Gasteiger partial charge in [0.05, 0.1) is 22.7 Å². The molecule has 6 nitrogen and oxygen atoms in total. The van der Waals surface area contributed by atoms with Gasteiger partial charge in [0.2, 0.25) is 10.0 Å². The molecular formula is C17H17Cl2NO5S. The lowest BCUT2D eigenvalue weighted by atomic mass is 10.2. The van der Waals surface area contributed by atoms with Crippen LogP contribution in [0.15, 0.2) is 41.3 Å². The van der Waals surface area contributed by atoms with Crippen molar-refractivity contribution in [1.82, 2.24) is 4.31 Å². The van der Waals surface area contributed by atoms with Crippen molar-refractivity contribution in [1.29, 1.82) is 0 Å². The highest BCUT2D eigenvalue weighted by Crippen LogP contribution is 2.27. The number of carbonyl (C=O) groups is 1. The van der Waals surface area contributed by atoms with Gasteiger partial charge in [-0.1, -0.05) is 29.3 Å². The molecule has 2 aromatic carbocycles. The van der Waals surface area contributed by atoms with E-state index in [9.17, 15) is 13.2 Å². The zero-order chi connectivity index (χ0) is 19.5. The first-order valence-electron chi connectivity index (χ1n) is 7.38. The van der Waals surface area contributed by atoms with Crippen LogP contribution >= 0.6 is 23.2 Å². The van der Waals surface area contributed by atoms with Crippen LogP contribution in [0.2, 0.25) is 10.0 Å². The molecule has 0 bridgehead atoms. The molecule has 0 aliphatic heterocycles. The van der Waals surface area contributed by atoms with E-state index < -0.39 is 16.0 Å². The molecule has 0 unspecified atom stereocenters. The summed E-state index contributed by atoms with van der Waals surface area (Å²) in [4.78, 5) is 12.2. The van der Waals surface area contributed by atoms with Crippen LogP contribution in [0.25, 0.3) is 0 Å². The van der Waals surface area contributed by atoms with Gasteiger partial charge < -0.3 is 9.47 Å². The fraction of sp³-hybridized carbons (Fsp3) is 0.235. The van der Waals surface area contributed by atoms with Crippen LogP contribution in [0.3, 0.4) is 0 Å². The van der Waals surface area contributed by atoms with Gasteiger partial charge in [-0.25, -0.2) is 17.5 Å². The lowest BCUT2D eigenvalue weighted by Crippen LogP contribution is -2.23. The molecule has 0 saturated carbocycles. The van der Waals surface area contributed by atoms with Crippen LogP contribution in [-0.2, 0) is 21.4 Å². The average Bonchev–Trinajstić information content (AvgIpc) is 2.61. The summed E-state index contributed by atoms with van der Waals surface area (Å²) in [6.07, 6.45) is 0. The van der Waals surface area contributed by atoms with Gasteiger partial charge in [0.25, 0.3) is 0 Å². The smallest absolute Gasteiger partial charge is 0.338 e. The normalized spacial score (nSPS) is 11.5. The minimum Gasteiger partial charge on any atom is -0.495 e. The summed E-state index contributed by atoms with van der Waals surface area (Å²) < 4.78 is 36.1. The molecule has 0 radical (unpaired) electrons. The fourth-order valence-corrected chi connectivity index (χ4v) is 3.46. The van der Waals surface area contributed by atoms with Gasteiger partial charge in [0.15, 0.2) is 0 Å². The van der Waals surface area contributed by atoms with Crippen molar-refractivity contribution in [3.63, 3.8) is 0 Å². The third kappa shape index (κ3) is 4.48. The molecule has 0 aliphatic carbocycles. The topological polar surface area (TPSA) is 72.9 Å². The number of benzene rings is 2. The molecule has 140 valence electrons. The van der Waals surface area contributed by atoms with E-state index in [2.05, 4.69) is 0 Å². The van der Waals surface area contributed by atoms with Crippen molar-refractivity contribution >= 4 is 39.2 Å². The maximum Gasteiger partial charge on any atom is 0.338 e. The second kappa shape index (κ2) is 8.26. The van der Waals surface area contributed by atoms with Crippen molar-refractivity contribution < 1.29 is 22.7 Å². The Hall–Kier alpha value is -1.80. The monoisotopic (exact) mass is 417 g/mol. The minimum atomic E-state index is -3.78. The molecule has 0 aromatic heterocycles. The van der Waals surface area contributed by atoms with E-state index in [1.54, 1.807) is 18.2 Å². The van der Waals surface area contributed by atoms with Crippen LogP contribution in [0.1, 0.15) is 15.9 Å². The zero-order valence-electron chi connectivity index (χ0n) is 14.3. The number of hydrogen-bond donors (Lipinski definition) is 0. The lowest BCUT2D eigenvalue weighted by molar-refractivity contribution is 0.0472. The number of carbonyl (C=O) groups excluding carboxylic acids is 1. The first kappa shape index (κ1) is 20.5. The summed E-state index contributed by atoms with van der Waals surface area (Å²) in [5.41, 5.74) is 0.744. The second-order valence-corrected chi connectivity index (χ2v) is 8.41. The van der Waals surface area contributed by atoms with Gasteiger partial charge in [0.1, 0.15) is 17.3 Å². The standard InChI is InChI=1S/C17H17Cl2NO5S/c1-20(2)26(22,23)16-9-12(5-7-15(16)24-3)17(21)25-10-11-4-6-13(18)14(19)8-11/h4-9H,10H2,1-3H3. The van der Waals surface area contributed by atoms with Crippen molar-refractivity contribution in [2.75, 3.05) is 21.2 Å². The van der Waals surface area contributed by atoms with E-state index in [0.29, 0.717) is 15.6 Å². The van der Waals surface area contributed by atoms with E-state index in [1.807, 2.05) is 0 Å². The molecule has 9 heteroatoms. The third-order valence-electron chi connectivity index (χ3n) is 3.51. The van der Waals surface area contributed by atoms with Crippen LogP contribution in [0.5, 0.6) is 5.75 Å². The van der Waals surface area contributed by atoms with Gasteiger partial charge in [-0.2, -0.15) is 0 Å². The highest BCUT2D eigenvalue weighted by atomic mass is 35.5. The number of rotatable bonds is 6. The van der Waals surface area contributed by atoms with Crippen LogP contribution < -0.4 is 4.74 Å². The SMILES string of the molecule is COc1ccc(C(=O)OCc2ccc(Cl)c(Cl)c2)cc1S(=O)(=O)N(C)C. The molecule has 0 N–H and O–H groups in total. The molecule has 0 atom stereocenters. The molecule has 0 saturated heterocycles. The molecule has 26 heavy (non-hydrogen) atoms. The van der Waals surface area contributed by atoms with Gasteiger partial charge >= 0.3 is 5.97 Å². The summed E-state index contributed by atoms with van der Waals surface area (Å²) in [7, 11) is 0.355. The number of sulfonamides is 1. The summed E-state index contributed by atoms with van der Waals surface area (Å²) in [5.74, 6) is -0.534. The van der Waals surface area contributed by atoms with Crippen LogP contribution in [0, 0.1) is 0 Å². The molecule has 0 aliphatic rings. The number of esters is 1. The first-order chi connectivity index (χ1) is 12.2. The third-order valence-corrected chi connectivity index (χ3v) is 6.09. The van der Waals surface area contributed by atoms with Gasteiger partial charge in [0, 0.05) is 14.1 Å². The van der Waals surface area contributed by atoms with Gasteiger partial charge in [-0.15, -0.1) is 0 Å². The largest absolute Gasteiger partial charge is 0.495 e. The minimum absolute atomic E-state index is 0.0302. The first-order valence-corrected chi connectivity index (χ1v) is 9.58. The van der Waals surface area contributed by atoms with E-state index in [0.717, 1.165) is 4.31 Å². The Morgan fingerprint density at radius 3 is 2.35 bits per heavy atom. The molecule has 2 rings (SSSR count). The van der Waals surface area contributed by atoms with E-state index in [-0.39, 0.29) is 22.8 Å². The second-order valence-electron chi connectivity index (χ2n) is 5.48. The molecule has 0 fully saturated rings. The Bertz CT molecular complexity index is 929. The summed E-state index contributed by atoms with van der Waals surface area (Å²) >= 11 is 11.8. The predicted molar refractivity (Wildman–Crippen MR) is 99.4 cm³/mol. The Balaban J connectivity index is 2.25. The van der Waals surface area contributed by atoms with E-state index in [4.69, 9.17) is 32.7 Å². The average molecular weight is 418 g/mol. The van der Waals surface area contributed by atoms with Gasteiger partial charge in [-0.05, 0) is 35.9 Å². The Labute approximate surface area is 162 Å². The molecule has 0 amide bonds. The number of methoxy groups -OCH3 is 1. The zero-order valence-corrected chi connectivity index (χ0v) is 16.7. The molecular weight excluding hydrogens is 401 g/mol. The molecule has 0 spiro atoms. The fourth-order valence-electron chi connectivity index (χ4n) is 2.06. The number of ether oxygens (including phenoxy) is 2. The number of hydrogen-bond acceptors (Lipinski definition) is 5. The van der Waals surface area contributed by atoms with Crippen molar-refractivity contribution in [3.05, 3.63) is 57.6 Å². The Morgan fingerprint density at radius 1 is 1.08 bits per heavy atom. The molecule has 0 heterocycles. The molecule has 2 aromatic rings. The highest BCUT2D eigenvalue weighted by Gasteiger charge is 2.24. The van der Waals surface area contributed by atoms with Gasteiger partial charge in [-0.3, -0.25) is 0 Å². The quantitative estimate of drug-likeness (QED) is 0.671. The number of nitrogens with zero attached hydrogens (tertiary/aromatic N) is 1. The summed E-state index contributed by atoms with van der Waals surface area (Å²) in [6.45, 7) is -0.0302. The Morgan fingerprint density at radius 2 is 1.77 bits per heavy atom. The summed E-state index contributed by atoms with van der Waals surface area (Å²) in [6, 6.07) is 8.94. The van der Waals surface area contributed by atoms with Crippen molar-refractivity contribution in [3.8, 4) is 5.75 Å². The van der Waals surface area contributed by atoms with Crippen LogP contribution in [-0.4, -0.2) is 39.9 Å². The maximum absolute atomic E-state index is 12.4. The van der Waals surface area contributed by atoms with E-state index >= 15 is 0 Å². The lowest BCUT2D eigenvalue weighted by Gasteiger charge is -2.15. The summed E-state index contributed by atoms with van der Waals surface area (Å²) in [5, 5.41) is 0.749. The predicted octanol–water partition coefficient (Wildman–Crippen LogP) is 3.61. The Kier molecular flexibility index (Phi) is 6.52. The van der Waals surface area contributed by atoms with Crippen molar-refractivity contribution in [2.24, 2.45) is 0 Å². The highest BCUT2D eigenvalue weighted by molar-refractivity contribution is 7.89. The van der Waals surface area contributed by atoms with Crippen LogP contribution in [0.4, 0.5) is 0 Å². The number of halogens is 2.